The van der Waals surface area contributed by atoms with Crippen LogP contribution in [0.4, 0.5) is 14.5 Å². The number of amides is 2. The van der Waals surface area contributed by atoms with Crippen LogP contribution < -0.4 is 5.32 Å². The summed E-state index contributed by atoms with van der Waals surface area (Å²) in [4.78, 5) is 27.1. The van der Waals surface area contributed by atoms with E-state index in [0.29, 0.717) is 23.5 Å². The summed E-state index contributed by atoms with van der Waals surface area (Å²) in [5, 5.41) is 2.79. The standard InChI is InChI=1S/C20H22F2N2O2S/c1-3-11-24(14(2)20(26)23-15-7-5-4-6-8-15)19(25)13-27-16-9-10-17(21)18(22)12-16/h4-10,12,14H,3,11,13H2,1-2H3,(H,23,26). The van der Waals surface area contributed by atoms with Gasteiger partial charge in [-0.25, -0.2) is 8.78 Å². The van der Waals surface area contributed by atoms with E-state index in [2.05, 4.69) is 5.32 Å². The van der Waals surface area contributed by atoms with E-state index in [-0.39, 0.29) is 17.6 Å². The van der Waals surface area contributed by atoms with Crippen LogP contribution in [-0.4, -0.2) is 35.1 Å². The van der Waals surface area contributed by atoms with Crippen molar-refractivity contribution in [2.75, 3.05) is 17.6 Å². The molecule has 1 atom stereocenters. The maximum atomic E-state index is 13.3. The molecule has 0 fully saturated rings. The lowest BCUT2D eigenvalue weighted by atomic mass is 10.2. The molecule has 0 saturated heterocycles. The van der Waals surface area contributed by atoms with Crippen molar-refractivity contribution in [3.63, 3.8) is 0 Å². The van der Waals surface area contributed by atoms with Gasteiger partial charge >= 0.3 is 0 Å². The van der Waals surface area contributed by atoms with Crippen LogP contribution in [0.1, 0.15) is 20.3 Å². The van der Waals surface area contributed by atoms with Crippen molar-refractivity contribution in [3.05, 3.63) is 60.2 Å². The van der Waals surface area contributed by atoms with Crippen LogP contribution in [-0.2, 0) is 9.59 Å². The number of hydrogen-bond donors (Lipinski definition) is 1. The van der Waals surface area contributed by atoms with Gasteiger partial charge in [-0.1, -0.05) is 25.1 Å². The van der Waals surface area contributed by atoms with Crippen molar-refractivity contribution in [1.29, 1.82) is 0 Å². The Balaban J connectivity index is 2.00. The molecule has 1 unspecified atom stereocenters. The van der Waals surface area contributed by atoms with Crippen LogP contribution in [0.3, 0.4) is 0 Å². The number of carbonyl (C=O) groups is 2. The average molecular weight is 392 g/mol. The molecule has 1 N–H and O–H groups in total. The predicted octanol–water partition coefficient (Wildman–Crippen LogP) is 4.32. The second-order valence-corrected chi connectivity index (χ2v) is 7.03. The van der Waals surface area contributed by atoms with Crippen molar-refractivity contribution in [3.8, 4) is 0 Å². The third-order valence-corrected chi connectivity index (χ3v) is 4.91. The largest absolute Gasteiger partial charge is 0.330 e. The lowest BCUT2D eigenvalue weighted by molar-refractivity contribution is -0.135. The van der Waals surface area contributed by atoms with Crippen molar-refractivity contribution < 1.29 is 18.4 Å². The normalized spacial score (nSPS) is 11.7. The van der Waals surface area contributed by atoms with E-state index in [1.165, 1.54) is 11.0 Å². The summed E-state index contributed by atoms with van der Waals surface area (Å²) in [6.07, 6.45) is 0.699. The summed E-state index contributed by atoms with van der Waals surface area (Å²) < 4.78 is 26.3. The molecule has 0 aliphatic carbocycles. The van der Waals surface area contributed by atoms with Gasteiger partial charge in [0.05, 0.1) is 5.75 Å². The highest BCUT2D eigenvalue weighted by atomic mass is 32.2. The Kier molecular flexibility index (Phi) is 7.79. The van der Waals surface area contributed by atoms with Gasteiger partial charge < -0.3 is 10.2 Å². The molecule has 0 saturated carbocycles. The van der Waals surface area contributed by atoms with Crippen LogP contribution in [0.2, 0.25) is 0 Å². The Bertz CT molecular complexity index is 787. The molecule has 0 heterocycles. The molecule has 0 spiro atoms. The first-order valence-electron chi connectivity index (χ1n) is 8.65. The van der Waals surface area contributed by atoms with Gasteiger partial charge in [0.25, 0.3) is 0 Å². The van der Waals surface area contributed by atoms with E-state index in [0.717, 1.165) is 23.9 Å². The molecule has 2 amide bonds. The fourth-order valence-corrected chi connectivity index (χ4v) is 3.29. The van der Waals surface area contributed by atoms with Gasteiger partial charge in [0, 0.05) is 17.1 Å². The highest BCUT2D eigenvalue weighted by molar-refractivity contribution is 8.00. The number of nitrogens with zero attached hydrogens (tertiary/aromatic N) is 1. The van der Waals surface area contributed by atoms with Crippen LogP contribution in [0.15, 0.2) is 53.4 Å². The number of halogens is 2. The number of carbonyl (C=O) groups excluding carboxylic acids is 2. The Labute approximate surface area is 161 Å². The van der Waals surface area contributed by atoms with E-state index in [1.54, 1.807) is 19.1 Å². The Morgan fingerprint density at radius 2 is 1.81 bits per heavy atom. The lowest BCUT2D eigenvalue weighted by Crippen LogP contribution is -2.46. The van der Waals surface area contributed by atoms with Gasteiger partial charge in [-0.15, -0.1) is 11.8 Å². The van der Waals surface area contributed by atoms with Crippen molar-refractivity contribution in [2.24, 2.45) is 0 Å². The van der Waals surface area contributed by atoms with E-state index >= 15 is 0 Å². The first-order chi connectivity index (χ1) is 12.9. The van der Waals surface area contributed by atoms with E-state index in [1.807, 2.05) is 25.1 Å². The fraction of sp³-hybridized carbons (Fsp3) is 0.300. The summed E-state index contributed by atoms with van der Waals surface area (Å²) in [6.45, 7) is 4.03. The number of benzene rings is 2. The maximum absolute atomic E-state index is 13.3. The molecule has 0 aliphatic heterocycles. The fourth-order valence-electron chi connectivity index (χ4n) is 2.48. The van der Waals surface area contributed by atoms with E-state index < -0.39 is 17.7 Å². The zero-order valence-corrected chi connectivity index (χ0v) is 16.1. The van der Waals surface area contributed by atoms with E-state index in [4.69, 9.17) is 0 Å². The van der Waals surface area contributed by atoms with Crippen LogP contribution in [0.25, 0.3) is 0 Å². The highest BCUT2D eigenvalue weighted by Gasteiger charge is 2.25. The second-order valence-electron chi connectivity index (χ2n) is 5.98. The number of hydrogen-bond acceptors (Lipinski definition) is 3. The summed E-state index contributed by atoms with van der Waals surface area (Å²) in [7, 11) is 0. The first kappa shape index (κ1) is 20.9. The van der Waals surface area contributed by atoms with Gasteiger partial charge in [0.1, 0.15) is 6.04 Å². The summed E-state index contributed by atoms with van der Waals surface area (Å²) in [6, 6.07) is 11.9. The zero-order chi connectivity index (χ0) is 19.8. The van der Waals surface area contributed by atoms with Gasteiger partial charge in [-0.3, -0.25) is 9.59 Å². The topological polar surface area (TPSA) is 49.4 Å². The van der Waals surface area contributed by atoms with Crippen LogP contribution in [0.5, 0.6) is 0 Å². The summed E-state index contributed by atoms with van der Waals surface area (Å²) >= 11 is 1.11. The number of anilines is 1. The molecule has 0 aromatic heterocycles. The van der Waals surface area contributed by atoms with E-state index in [9.17, 15) is 18.4 Å². The van der Waals surface area contributed by atoms with Crippen molar-refractivity contribution in [2.45, 2.75) is 31.2 Å². The molecule has 0 radical (unpaired) electrons. The lowest BCUT2D eigenvalue weighted by Gasteiger charge is -2.28. The number of thioether (sulfide) groups is 1. The predicted molar refractivity (Wildman–Crippen MR) is 104 cm³/mol. The molecule has 0 aliphatic rings. The molecule has 7 heteroatoms. The number of nitrogens with one attached hydrogen (secondary N) is 1. The van der Waals surface area contributed by atoms with Crippen LogP contribution in [0, 0.1) is 11.6 Å². The smallest absolute Gasteiger partial charge is 0.246 e. The number of rotatable bonds is 8. The third kappa shape index (κ3) is 6.06. The quantitative estimate of drug-likeness (QED) is 0.681. The SMILES string of the molecule is CCCN(C(=O)CSc1ccc(F)c(F)c1)C(C)C(=O)Nc1ccccc1. The van der Waals surface area contributed by atoms with Crippen LogP contribution >= 0.6 is 11.8 Å². The van der Waals surface area contributed by atoms with Crippen molar-refractivity contribution in [1.82, 2.24) is 4.90 Å². The van der Waals surface area contributed by atoms with Crippen molar-refractivity contribution >= 4 is 29.3 Å². The molecule has 2 aromatic rings. The van der Waals surface area contributed by atoms with Gasteiger partial charge in [0.15, 0.2) is 11.6 Å². The van der Waals surface area contributed by atoms with Gasteiger partial charge in [-0.2, -0.15) is 0 Å². The molecule has 144 valence electrons. The minimum atomic E-state index is -0.950. The third-order valence-electron chi connectivity index (χ3n) is 3.93. The molecule has 0 bridgehead atoms. The minimum absolute atomic E-state index is 0.0357. The number of para-hydroxylation sites is 1. The Morgan fingerprint density at radius 3 is 2.44 bits per heavy atom. The first-order valence-corrected chi connectivity index (χ1v) is 9.64. The minimum Gasteiger partial charge on any atom is -0.330 e. The molecule has 4 nitrogen and oxygen atoms in total. The molecule has 27 heavy (non-hydrogen) atoms. The molecule has 2 aromatic carbocycles. The maximum Gasteiger partial charge on any atom is 0.246 e. The highest BCUT2D eigenvalue weighted by Crippen LogP contribution is 2.21. The van der Waals surface area contributed by atoms with Gasteiger partial charge in [-0.05, 0) is 43.7 Å². The monoisotopic (exact) mass is 392 g/mol. The summed E-state index contributed by atoms with van der Waals surface area (Å²) in [5.74, 6) is -2.35. The average Bonchev–Trinajstić information content (AvgIpc) is 2.67. The summed E-state index contributed by atoms with van der Waals surface area (Å²) in [5.41, 5.74) is 0.661. The second kappa shape index (κ2) is 10.1. The Morgan fingerprint density at radius 1 is 1.11 bits per heavy atom. The molecule has 2 rings (SSSR count). The molecular formula is C20H22F2N2O2S. The zero-order valence-electron chi connectivity index (χ0n) is 15.2. The molecular weight excluding hydrogens is 370 g/mol. The Hall–Kier alpha value is -2.41. The van der Waals surface area contributed by atoms with Gasteiger partial charge in [0.2, 0.25) is 11.8 Å².